The number of rotatable bonds is 4. The van der Waals surface area contributed by atoms with Gasteiger partial charge in [0.1, 0.15) is 0 Å². The molecule has 0 aliphatic heterocycles. The molecule has 2 amide bonds. The van der Waals surface area contributed by atoms with Gasteiger partial charge in [0, 0.05) is 23.8 Å². The van der Waals surface area contributed by atoms with Crippen LogP contribution in [0.4, 0.5) is 11.4 Å². The molecule has 1 aromatic rings. The Balaban J connectivity index is 0.00000192. The Kier molecular flexibility index (Phi) is 5.65. The summed E-state index contributed by atoms with van der Waals surface area (Å²) in [5.74, 6) is 0.920. The molecule has 4 N–H and O–H groups in total. The third kappa shape index (κ3) is 3.67. The van der Waals surface area contributed by atoms with Gasteiger partial charge >= 0.3 is 0 Å². The quantitative estimate of drug-likeness (QED) is 0.789. The van der Waals surface area contributed by atoms with Gasteiger partial charge < -0.3 is 16.4 Å². The minimum absolute atomic E-state index is 0. The molecule has 2 fully saturated rings. The van der Waals surface area contributed by atoms with Gasteiger partial charge in [-0.25, -0.2) is 0 Å². The topological polar surface area (TPSA) is 84.2 Å². The second-order valence-electron chi connectivity index (χ2n) is 6.40. The van der Waals surface area contributed by atoms with Gasteiger partial charge in [-0.3, -0.25) is 9.59 Å². The number of hydrogen-bond donors (Lipinski definition) is 3. The molecular formula is C17H24ClN3O2. The predicted octanol–water partition coefficient (Wildman–Crippen LogP) is 2.77. The average molecular weight is 338 g/mol. The molecule has 2 aliphatic rings. The van der Waals surface area contributed by atoms with Gasteiger partial charge in [0.2, 0.25) is 11.8 Å². The maximum Gasteiger partial charge on any atom is 0.229 e. The molecule has 126 valence electrons. The Labute approximate surface area is 142 Å². The molecule has 2 aliphatic carbocycles. The van der Waals surface area contributed by atoms with Crippen LogP contribution in [-0.4, -0.2) is 17.9 Å². The van der Waals surface area contributed by atoms with E-state index in [1.54, 1.807) is 12.1 Å². The van der Waals surface area contributed by atoms with E-state index in [2.05, 4.69) is 10.6 Å². The summed E-state index contributed by atoms with van der Waals surface area (Å²) < 4.78 is 0. The molecule has 23 heavy (non-hydrogen) atoms. The van der Waals surface area contributed by atoms with E-state index < -0.39 is 0 Å². The van der Waals surface area contributed by atoms with E-state index in [-0.39, 0.29) is 36.2 Å². The van der Waals surface area contributed by atoms with E-state index in [1.165, 1.54) is 6.42 Å². The average Bonchev–Trinajstić information content (AvgIpc) is 3.10. The molecule has 0 heterocycles. The number of hydrogen-bond acceptors (Lipinski definition) is 3. The summed E-state index contributed by atoms with van der Waals surface area (Å²) in [6.45, 7) is 1.81. The summed E-state index contributed by atoms with van der Waals surface area (Å²) in [7, 11) is 0. The van der Waals surface area contributed by atoms with Crippen molar-refractivity contribution in [3.05, 3.63) is 24.3 Å². The van der Waals surface area contributed by atoms with Crippen molar-refractivity contribution in [1.82, 2.24) is 0 Å². The molecule has 0 aromatic heterocycles. The van der Waals surface area contributed by atoms with E-state index in [0.717, 1.165) is 24.2 Å². The van der Waals surface area contributed by atoms with Gasteiger partial charge in [-0.1, -0.05) is 6.92 Å². The maximum absolute atomic E-state index is 12.5. The zero-order valence-corrected chi connectivity index (χ0v) is 14.1. The van der Waals surface area contributed by atoms with Crippen LogP contribution in [0.25, 0.3) is 0 Å². The fraction of sp³-hybridized carbons (Fsp3) is 0.529. The van der Waals surface area contributed by atoms with Crippen LogP contribution in [0.5, 0.6) is 0 Å². The number of nitrogens with one attached hydrogen (secondary N) is 2. The van der Waals surface area contributed by atoms with Gasteiger partial charge in [-0.2, -0.15) is 0 Å². The highest BCUT2D eigenvalue weighted by Gasteiger charge is 2.49. The number of nitrogens with two attached hydrogens (primary N) is 1. The Bertz CT molecular complexity index is 574. The summed E-state index contributed by atoms with van der Waals surface area (Å²) in [5, 5.41) is 5.75. The molecule has 0 spiro atoms. The van der Waals surface area contributed by atoms with E-state index in [1.807, 2.05) is 19.1 Å². The number of halogens is 1. The van der Waals surface area contributed by atoms with Gasteiger partial charge in [-0.15, -0.1) is 12.4 Å². The normalized spacial score (nSPS) is 28.1. The van der Waals surface area contributed by atoms with E-state index in [0.29, 0.717) is 18.3 Å². The number of anilines is 2. The molecular weight excluding hydrogens is 314 g/mol. The van der Waals surface area contributed by atoms with E-state index >= 15 is 0 Å². The lowest BCUT2D eigenvalue weighted by molar-refractivity contribution is -0.121. The second-order valence-corrected chi connectivity index (χ2v) is 6.40. The molecule has 5 nitrogen and oxygen atoms in total. The van der Waals surface area contributed by atoms with Crippen LogP contribution in [0.3, 0.4) is 0 Å². The first-order chi connectivity index (χ1) is 10.6. The summed E-state index contributed by atoms with van der Waals surface area (Å²) >= 11 is 0. The van der Waals surface area contributed by atoms with Crippen molar-refractivity contribution in [2.45, 2.75) is 38.6 Å². The van der Waals surface area contributed by atoms with Crippen molar-refractivity contribution >= 4 is 35.6 Å². The smallest absolute Gasteiger partial charge is 0.229 e. The summed E-state index contributed by atoms with van der Waals surface area (Å²) in [4.78, 5) is 23.8. The van der Waals surface area contributed by atoms with Crippen molar-refractivity contribution in [1.29, 1.82) is 0 Å². The minimum Gasteiger partial charge on any atom is -0.327 e. The van der Waals surface area contributed by atoms with Crippen molar-refractivity contribution in [2.24, 2.45) is 23.5 Å². The lowest BCUT2D eigenvalue weighted by Gasteiger charge is -2.27. The molecule has 4 unspecified atom stereocenters. The monoisotopic (exact) mass is 337 g/mol. The number of amides is 2. The van der Waals surface area contributed by atoms with Crippen LogP contribution in [-0.2, 0) is 9.59 Å². The highest BCUT2D eigenvalue weighted by molar-refractivity contribution is 5.94. The molecule has 0 radical (unpaired) electrons. The fourth-order valence-electron chi connectivity index (χ4n) is 3.84. The Morgan fingerprint density at radius 2 is 1.65 bits per heavy atom. The minimum atomic E-state index is -0.0572. The first-order valence-corrected chi connectivity index (χ1v) is 8.05. The number of carbonyl (C=O) groups is 2. The zero-order valence-electron chi connectivity index (χ0n) is 13.2. The number of fused-ring (bicyclic) bond motifs is 2. The SMILES string of the molecule is CCC(=O)Nc1ccc(NC(=O)C2C3CCC(C3)C2N)cc1.Cl. The molecule has 2 bridgehead atoms. The van der Waals surface area contributed by atoms with Gasteiger partial charge in [0.15, 0.2) is 0 Å². The molecule has 0 saturated heterocycles. The van der Waals surface area contributed by atoms with Crippen LogP contribution < -0.4 is 16.4 Å². The highest BCUT2D eigenvalue weighted by Crippen LogP contribution is 2.47. The molecule has 4 atom stereocenters. The molecule has 6 heteroatoms. The maximum atomic E-state index is 12.5. The number of carbonyl (C=O) groups excluding carboxylic acids is 2. The van der Waals surface area contributed by atoms with Gasteiger partial charge in [0.05, 0.1) is 5.92 Å². The van der Waals surface area contributed by atoms with Crippen molar-refractivity contribution in [3.63, 3.8) is 0 Å². The first kappa shape index (κ1) is 17.8. The summed E-state index contributed by atoms with van der Waals surface area (Å²) in [6, 6.07) is 7.21. The lowest BCUT2D eigenvalue weighted by Crippen LogP contribution is -2.42. The third-order valence-corrected chi connectivity index (χ3v) is 5.04. The van der Waals surface area contributed by atoms with Crippen LogP contribution in [0.2, 0.25) is 0 Å². The van der Waals surface area contributed by atoms with Crippen LogP contribution in [0, 0.1) is 17.8 Å². The van der Waals surface area contributed by atoms with E-state index in [4.69, 9.17) is 5.73 Å². The van der Waals surface area contributed by atoms with Gasteiger partial charge in [-0.05, 0) is 55.4 Å². The van der Waals surface area contributed by atoms with Crippen molar-refractivity contribution in [2.75, 3.05) is 10.6 Å². The molecule has 1 aromatic carbocycles. The first-order valence-electron chi connectivity index (χ1n) is 8.05. The fourth-order valence-corrected chi connectivity index (χ4v) is 3.84. The van der Waals surface area contributed by atoms with Crippen LogP contribution in [0.1, 0.15) is 32.6 Å². The molecule has 3 rings (SSSR count). The standard InChI is InChI=1S/C17H23N3O2.ClH/c1-2-14(21)19-12-5-7-13(8-6-12)20-17(22)15-10-3-4-11(9-10)16(15)18;/h5-8,10-11,15-16H,2-4,9,18H2,1H3,(H,19,21)(H,20,22);1H. The lowest BCUT2D eigenvalue weighted by atomic mass is 9.84. The Morgan fingerprint density at radius 3 is 2.17 bits per heavy atom. The third-order valence-electron chi connectivity index (χ3n) is 5.04. The number of benzene rings is 1. The Morgan fingerprint density at radius 1 is 1.09 bits per heavy atom. The van der Waals surface area contributed by atoms with Crippen molar-refractivity contribution in [3.8, 4) is 0 Å². The van der Waals surface area contributed by atoms with Gasteiger partial charge in [0.25, 0.3) is 0 Å². The van der Waals surface area contributed by atoms with Crippen LogP contribution >= 0.6 is 12.4 Å². The summed E-state index contributed by atoms with van der Waals surface area (Å²) in [5.41, 5.74) is 7.69. The predicted molar refractivity (Wildman–Crippen MR) is 93.5 cm³/mol. The van der Waals surface area contributed by atoms with Crippen molar-refractivity contribution < 1.29 is 9.59 Å². The van der Waals surface area contributed by atoms with Crippen LogP contribution in [0.15, 0.2) is 24.3 Å². The largest absolute Gasteiger partial charge is 0.327 e. The van der Waals surface area contributed by atoms with E-state index in [9.17, 15) is 9.59 Å². The highest BCUT2D eigenvalue weighted by atomic mass is 35.5. The zero-order chi connectivity index (χ0) is 15.7. The Hall–Kier alpha value is -1.59. The second kappa shape index (κ2) is 7.32. The summed E-state index contributed by atoms with van der Waals surface area (Å²) in [6.07, 6.45) is 3.84. The molecule has 2 saturated carbocycles.